The minimum absolute atomic E-state index is 0.00599. The fourth-order valence-electron chi connectivity index (χ4n) is 2.22. The van der Waals surface area contributed by atoms with Crippen LogP contribution in [0.4, 0.5) is 10.1 Å². The molecule has 0 saturated carbocycles. The Morgan fingerprint density at radius 1 is 1.19 bits per heavy atom. The van der Waals surface area contributed by atoms with Crippen molar-refractivity contribution in [1.29, 1.82) is 0 Å². The molecule has 0 spiro atoms. The molecule has 0 radical (unpaired) electrons. The molecule has 1 N–H and O–H groups in total. The zero-order chi connectivity index (χ0) is 19.4. The van der Waals surface area contributed by atoms with Gasteiger partial charge in [0, 0.05) is 0 Å². The van der Waals surface area contributed by atoms with Crippen LogP contribution < -0.4 is 5.32 Å². The Morgan fingerprint density at radius 2 is 1.93 bits per heavy atom. The third-order valence-corrected chi connectivity index (χ3v) is 3.81. The molecular formula is C18H14ClFN4O3. The molecule has 3 rings (SSSR count). The van der Waals surface area contributed by atoms with Gasteiger partial charge in [-0.15, -0.1) is 5.10 Å². The highest BCUT2D eigenvalue weighted by atomic mass is 35.5. The van der Waals surface area contributed by atoms with Crippen molar-refractivity contribution in [1.82, 2.24) is 15.0 Å². The molecule has 0 unspecified atom stereocenters. The van der Waals surface area contributed by atoms with Crippen LogP contribution in [0.2, 0.25) is 5.02 Å². The van der Waals surface area contributed by atoms with Crippen LogP contribution in [0, 0.1) is 12.7 Å². The largest absolute Gasteiger partial charge is 0.451 e. The van der Waals surface area contributed by atoms with Crippen LogP contribution in [0.3, 0.4) is 0 Å². The summed E-state index contributed by atoms with van der Waals surface area (Å²) in [4.78, 5) is 25.4. The van der Waals surface area contributed by atoms with E-state index in [0.717, 1.165) is 12.1 Å². The molecule has 1 aromatic heterocycles. The highest BCUT2D eigenvalue weighted by Crippen LogP contribution is 2.22. The molecule has 0 fully saturated rings. The van der Waals surface area contributed by atoms with Crippen LogP contribution >= 0.6 is 11.6 Å². The number of benzene rings is 2. The molecule has 138 valence electrons. The zero-order valence-corrected chi connectivity index (χ0v) is 14.9. The van der Waals surface area contributed by atoms with Crippen molar-refractivity contribution in [2.24, 2.45) is 0 Å². The average molecular weight is 389 g/mol. The highest BCUT2D eigenvalue weighted by Gasteiger charge is 2.19. The third kappa shape index (κ3) is 4.48. The lowest BCUT2D eigenvalue weighted by Gasteiger charge is -2.07. The summed E-state index contributed by atoms with van der Waals surface area (Å²) >= 11 is 5.83. The van der Waals surface area contributed by atoms with Gasteiger partial charge in [-0.05, 0) is 37.3 Å². The van der Waals surface area contributed by atoms with Gasteiger partial charge >= 0.3 is 5.97 Å². The van der Waals surface area contributed by atoms with Crippen molar-refractivity contribution in [3.63, 3.8) is 0 Å². The average Bonchev–Trinajstić information content (AvgIpc) is 3.05. The third-order valence-electron chi connectivity index (χ3n) is 3.50. The van der Waals surface area contributed by atoms with Crippen molar-refractivity contribution in [2.45, 2.75) is 6.92 Å². The first kappa shape index (κ1) is 18.5. The van der Waals surface area contributed by atoms with Gasteiger partial charge in [-0.3, -0.25) is 4.79 Å². The quantitative estimate of drug-likeness (QED) is 0.678. The van der Waals surface area contributed by atoms with Crippen LogP contribution in [0.1, 0.15) is 16.2 Å². The molecule has 0 bridgehead atoms. The number of carbonyl (C=O) groups excluding carboxylic acids is 2. The summed E-state index contributed by atoms with van der Waals surface area (Å²) in [6.07, 6.45) is 0. The molecule has 1 heterocycles. The summed E-state index contributed by atoms with van der Waals surface area (Å²) in [6.45, 7) is 1.06. The second-order valence-electron chi connectivity index (χ2n) is 5.51. The second kappa shape index (κ2) is 7.96. The Kier molecular flexibility index (Phi) is 5.46. The van der Waals surface area contributed by atoms with E-state index in [1.54, 1.807) is 19.1 Å². The van der Waals surface area contributed by atoms with Gasteiger partial charge in [0.05, 0.1) is 22.1 Å². The number of anilines is 1. The van der Waals surface area contributed by atoms with Crippen molar-refractivity contribution >= 4 is 29.2 Å². The number of nitrogens with zero attached hydrogens (tertiary/aromatic N) is 3. The first-order valence-electron chi connectivity index (χ1n) is 7.85. The maximum Gasteiger partial charge on any atom is 0.361 e. The number of hydrogen-bond acceptors (Lipinski definition) is 5. The monoisotopic (exact) mass is 388 g/mol. The molecule has 0 aliphatic heterocycles. The standard InChI is InChI=1S/C18H14ClFN4O3/c1-11-17(23-24(22-11)13-5-3-2-4-6-13)18(26)27-10-16(25)21-15-8-7-12(20)9-14(15)19/h2-9H,10H2,1H3,(H,21,25). The summed E-state index contributed by atoms with van der Waals surface area (Å²) in [5, 5.41) is 10.7. The topological polar surface area (TPSA) is 86.1 Å². The van der Waals surface area contributed by atoms with Gasteiger partial charge in [-0.25, -0.2) is 9.18 Å². The summed E-state index contributed by atoms with van der Waals surface area (Å²) in [5.41, 5.74) is 1.27. The number of rotatable bonds is 5. The second-order valence-corrected chi connectivity index (χ2v) is 5.91. The van der Waals surface area contributed by atoms with Gasteiger partial charge in [-0.2, -0.15) is 9.90 Å². The summed E-state index contributed by atoms with van der Waals surface area (Å²) in [6, 6.07) is 12.6. The van der Waals surface area contributed by atoms with E-state index < -0.39 is 24.3 Å². The number of para-hydroxylation sites is 1. The Hall–Kier alpha value is -3.26. The maximum atomic E-state index is 13.0. The number of carbonyl (C=O) groups is 2. The fraction of sp³-hybridized carbons (Fsp3) is 0.111. The number of aromatic nitrogens is 3. The maximum absolute atomic E-state index is 13.0. The Labute approximate surface area is 158 Å². The first-order chi connectivity index (χ1) is 12.9. The lowest BCUT2D eigenvalue weighted by molar-refractivity contribution is -0.119. The smallest absolute Gasteiger partial charge is 0.361 e. The van der Waals surface area contributed by atoms with Gasteiger partial charge in [0.25, 0.3) is 5.91 Å². The molecule has 7 nitrogen and oxygen atoms in total. The van der Waals surface area contributed by atoms with E-state index >= 15 is 0 Å². The number of amides is 1. The molecule has 2 aromatic carbocycles. The van der Waals surface area contributed by atoms with Crippen LogP contribution in [0.25, 0.3) is 5.69 Å². The lowest BCUT2D eigenvalue weighted by atomic mass is 10.3. The van der Waals surface area contributed by atoms with Gasteiger partial charge in [0.1, 0.15) is 5.82 Å². The summed E-state index contributed by atoms with van der Waals surface area (Å²) in [7, 11) is 0. The predicted molar refractivity (Wildman–Crippen MR) is 96.4 cm³/mol. The number of halogens is 2. The van der Waals surface area contributed by atoms with E-state index in [1.165, 1.54) is 10.9 Å². The van der Waals surface area contributed by atoms with Crippen molar-refractivity contribution in [2.75, 3.05) is 11.9 Å². The van der Waals surface area contributed by atoms with Gasteiger partial charge in [0.15, 0.2) is 12.3 Å². The number of aryl methyl sites for hydroxylation is 1. The fourth-order valence-corrected chi connectivity index (χ4v) is 2.44. The Morgan fingerprint density at radius 3 is 2.63 bits per heavy atom. The predicted octanol–water partition coefficient (Wildman–Crippen LogP) is 3.16. The molecule has 1 amide bonds. The lowest BCUT2D eigenvalue weighted by Crippen LogP contribution is -2.21. The molecule has 0 atom stereocenters. The van der Waals surface area contributed by atoms with Gasteiger partial charge in [0.2, 0.25) is 0 Å². The molecule has 27 heavy (non-hydrogen) atoms. The number of hydrogen-bond donors (Lipinski definition) is 1. The Balaban J connectivity index is 1.62. The van der Waals surface area contributed by atoms with Crippen LogP contribution in [-0.4, -0.2) is 33.5 Å². The number of esters is 1. The van der Waals surface area contributed by atoms with E-state index in [0.29, 0.717) is 11.4 Å². The van der Waals surface area contributed by atoms with Gasteiger partial charge < -0.3 is 10.1 Å². The summed E-state index contributed by atoms with van der Waals surface area (Å²) < 4.78 is 18.0. The molecular weight excluding hydrogens is 375 g/mol. The molecule has 9 heteroatoms. The summed E-state index contributed by atoms with van der Waals surface area (Å²) in [5.74, 6) is -1.93. The van der Waals surface area contributed by atoms with E-state index in [4.69, 9.17) is 16.3 Å². The van der Waals surface area contributed by atoms with E-state index in [9.17, 15) is 14.0 Å². The van der Waals surface area contributed by atoms with Crippen molar-refractivity contribution in [3.05, 3.63) is 70.8 Å². The molecule has 0 aliphatic carbocycles. The Bertz CT molecular complexity index is 992. The zero-order valence-electron chi connectivity index (χ0n) is 14.1. The highest BCUT2D eigenvalue weighted by molar-refractivity contribution is 6.33. The van der Waals surface area contributed by atoms with Gasteiger partial charge in [-0.1, -0.05) is 29.8 Å². The minimum Gasteiger partial charge on any atom is -0.451 e. The van der Waals surface area contributed by atoms with Crippen molar-refractivity contribution in [3.8, 4) is 5.69 Å². The van der Waals surface area contributed by atoms with Crippen molar-refractivity contribution < 1.29 is 18.7 Å². The molecule has 3 aromatic rings. The normalized spacial score (nSPS) is 10.5. The van der Waals surface area contributed by atoms with E-state index in [-0.39, 0.29) is 16.4 Å². The SMILES string of the molecule is Cc1nn(-c2ccccc2)nc1C(=O)OCC(=O)Nc1ccc(F)cc1Cl. The minimum atomic E-state index is -0.782. The van der Waals surface area contributed by atoms with E-state index in [1.807, 2.05) is 18.2 Å². The van der Waals surface area contributed by atoms with Crippen LogP contribution in [-0.2, 0) is 9.53 Å². The number of ether oxygens (including phenoxy) is 1. The van der Waals surface area contributed by atoms with E-state index in [2.05, 4.69) is 15.5 Å². The van der Waals surface area contributed by atoms with Crippen LogP contribution in [0.15, 0.2) is 48.5 Å². The first-order valence-corrected chi connectivity index (χ1v) is 8.23. The van der Waals surface area contributed by atoms with Crippen LogP contribution in [0.5, 0.6) is 0 Å². The molecule has 0 aliphatic rings. The number of nitrogens with one attached hydrogen (secondary N) is 1. The molecule has 0 saturated heterocycles.